The van der Waals surface area contributed by atoms with E-state index < -0.39 is 0 Å². The molecule has 0 radical (unpaired) electrons. The third-order valence-corrected chi connectivity index (χ3v) is 4.88. The Hall–Kier alpha value is -1.43. The molecule has 1 aliphatic rings. The van der Waals surface area contributed by atoms with E-state index in [-0.39, 0.29) is 6.04 Å². The number of benzene rings is 1. The molecule has 112 valence electrons. The summed E-state index contributed by atoms with van der Waals surface area (Å²) >= 11 is 1.72. The molecule has 1 unspecified atom stereocenters. The SMILES string of the molecule is NC(CCN1CCN(c2nccs2)CC1)c1ccccc1. The van der Waals surface area contributed by atoms with Gasteiger partial charge in [0.25, 0.3) is 0 Å². The van der Waals surface area contributed by atoms with Gasteiger partial charge in [0.15, 0.2) is 5.13 Å². The Morgan fingerprint density at radius 1 is 1.14 bits per heavy atom. The fourth-order valence-electron chi connectivity index (χ4n) is 2.72. The van der Waals surface area contributed by atoms with Gasteiger partial charge in [-0.2, -0.15) is 0 Å². The van der Waals surface area contributed by atoms with Crippen molar-refractivity contribution in [2.24, 2.45) is 5.73 Å². The van der Waals surface area contributed by atoms with Gasteiger partial charge in [0.1, 0.15) is 0 Å². The Balaban J connectivity index is 1.43. The lowest BCUT2D eigenvalue weighted by Gasteiger charge is -2.35. The Labute approximate surface area is 130 Å². The number of hydrogen-bond donors (Lipinski definition) is 1. The number of nitrogens with zero attached hydrogens (tertiary/aromatic N) is 3. The fraction of sp³-hybridized carbons (Fsp3) is 0.438. The average molecular weight is 302 g/mol. The summed E-state index contributed by atoms with van der Waals surface area (Å²) in [6, 6.07) is 10.5. The zero-order chi connectivity index (χ0) is 14.5. The van der Waals surface area contributed by atoms with E-state index in [2.05, 4.69) is 39.0 Å². The van der Waals surface area contributed by atoms with Crippen LogP contribution in [0.4, 0.5) is 5.13 Å². The highest BCUT2D eigenvalue weighted by Gasteiger charge is 2.19. The van der Waals surface area contributed by atoms with Crippen molar-refractivity contribution < 1.29 is 0 Å². The molecule has 5 heteroatoms. The number of rotatable bonds is 5. The summed E-state index contributed by atoms with van der Waals surface area (Å²) in [5, 5.41) is 3.19. The molecule has 2 N–H and O–H groups in total. The summed E-state index contributed by atoms with van der Waals surface area (Å²) in [6.07, 6.45) is 2.90. The number of thiazole rings is 1. The summed E-state index contributed by atoms with van der Waals surface area (Å²) < 4.78 is 0. The first kappa shape index (κ1) is 14.5. The smallest absolute Gasteiger partial charge is 0.185 e. The summed E-state index contributed by atoms with van der Waals surface area (Å²) in [5.41, 5.74) is 7.51. The van der Waals surface area contributed by atoms with Gasteiger partial charge in [0.2, 0.25) is 0 Å². The quantitative estimate of drug-likeness (QED) is 0.921. The molecule has 4 nitrogen and oxygen atoms in total. The molecule has 0 saturated carbocycles. The van der Waals surface area contributed by atoms with Crippen molar-refractivity contribution in [3.63, 3.8) is 0 Å². The lowest BCUT2D eigenvalue weighted by molar-refractivity contribution is 0.248. The number of anilines is 1. The van der Waals surface area contributed by atoms with Crippen LogP contribution < -0.4 is 10.6 Å². The Bertz CT molecular complexity index is 520. The van der Waals surface area contributed by atoms with Gasteiger partial charge >= 0.3 is 0 Å². The van der Waals surface area contributed by atoms with Gasteiger partial charge in [-0.05, 0) is 12.0 Å². The maximum atomic E-state index is 6.27. The standard InChI is InChI=1S/C16H22N4S/c17-15(14-4-2-1-3-5-14)6-8-19-9-11-20(12-10-19)16-18-7-13-21-16/h1-5,7,13,15H,6,8-12,17H2. The lowest BCUT2D eigenvalue weighted by Crippen LogP contribution is -2.47. The zero-order valence-electron chi connectivity index (χ0n) is 12.2. The normalized spacial score (nSPS) is 17.9. The second-order valence-electron chi connectivity index (χ2n) is 5.45. The predicted molar refractivity (Wildman–Crippen MR) is 88.8 cm³/mol. The van der Waals surface area contributed by atoms with E-state index in [4.69, 9.17) is 5.73 Å². The van der Waals surface area contributed by atoms with Crippen LogP contribution in [0.3, 0.4) is 0 Å². The fourth-order valence-corrected chi connectivity index (χ4v) is 3.42. The summed E-state index contributed by atoms with van der Waals surface area (Å²) in [4.78, 5) is 9.26. The highest BCUT2D eigenvalue weighted by molar-refractivity contribution is 7.13. The van der Waals surface area contributed by atoms with Crippen molar-refractivity contribution >= 4 is 16.5 Å². The largest absolute Gasteiger partial charge is 0.346 e. The van der Waals surface area contributed by atoms with Crippen LogP contribution in [0.15, 0.2) is 41.9 Å². The van der Waals surface area contributed by atoms with E-state index in [0.29, 0.717) is 0 Å². The van der Waals surface area contributed by atoms with Gasteiger partial charge in [0.05, 0.1) is 0 Å². The first-order chi connectivity index (χ1) is 10.3. The van der Waals surface area contributed by atoms with Crippen LogP contribution in [0.25, 0.3) is 0 Å². The van der Waals surface area contributed by atoms with Gasteiger partial charge < -0.3 is 10.6 Å². The van der Waals surface area contributed by atoms with E-state index in [1.807, 2.05) is 17.6 Å². The van der Waals surface area contributed by atoms with Crippen LogP contribution in [0.5, 0.6) is 0 Å². The molecule has 3 rings (SSSR count). The van der Waals surface area contributed by atoms with Gasteiger partial charge in [0, 0.05) is 50.3 Å². The topological polar surface area (TPSA) is 45.4 Å². The molecular formula is C16H22N4S. The van der Waals surface area contributed by atoms with Crippen molar-refractivity contribution in [3.8, 4) is 0 Å². The molecule has 0 spiro atoms. The Morgan fingerprint density at radius 2 is 1.90 bits per heavy atom. The van der Waals surface area contributed by atoms with Gasteiger partial charge in [-0.15, -0.1) is 11.3 Å². The van der Waals surface area contributed by atoms with Gasteiger partial charge in [-0.3, -0.25) is 4.90 Å². The van der Waals surface area contributed by atoms with Crippen molar-refractivity contribution in [2.45, 2.75) is 12.5 Å². The Morgan fingerprint density at radius 3 is 2.57 bits per heavy atom. The molecule has 2 heterocycles. The second kappa shape index (κ2) is 7.02. The number of aromatic nitrogens is 1. The number of nitrogens with two attached hydrogens (primary N) is 1. The van der Waals surface area contributed by atoms with Crippen molar-refractivity contribution in [1.29, 1.82) is 0 Å². The van der Waals surface area contributed by atoms with Crippen molar-refractivity contribution in [1.82, 2.24) is 9.88 Å². The predicted octanol–water partition coefficient (Wildman–Crippen LogP) is 2.36. The molecule has 1 fully saturated rings. The van der Waals surface area contributed by atoms with Gasteiger partial charge in [-0.25, -0.2) is 4.98 Å². The number of piperazine rings is 1. The molecule has 1 aromatic carbocycles. The molecular weight excluding hydrogens is 280 g/mol. The molecule has 1 aromatic heterocycles. The molecule has 1 atom stereocenters. The maximum Gasteiger partial charge on any atom is 0.185 e. The second-order valence-corrected chi connectivity index (χ2v) is 6.32. The van der Waals surface area contributed by atoms with Gasteiger partial charge in [-0.1, -0.05) is 30.3 Å². The first-order valence-electron chi connectivity index (χ1n) is 7.50. The van der Waals surface area contributed by atoms with E-state index in [1.54, 1.807) is 11.3 Å². The Kier molecular flexibility index (Phi) is 4.85. The summed E-state index contributed by atoms with van der Waals surface area (Å²) in [7, 11) is 0. The molecule has 1 aliphatic heterocycles. The number of hydrogen-bond acceptors (Lipinski definition) is 5. The molecule has 21 heavy (non-hydrogen) atoms. The maximum absolute atomic E-state index is 6.27. The third kappa shape index (κ3) is 3.81. The minimum absolute atomic E-state index is 0.142. The zero-order valence-corrected chi connectivity index (χ0v) is 13.0. The lowest BCUT2D eigenvalue weighted by atomic mass is 10.0. The highest BCUT2D eigenvalue weighted by Crippen LogP contribution is 2.19. The van der Waals surface area contributed by atoms with Crippen molar-refractivity contribution in [3.05, 3.63) is 47.5 Å². The summed E-state index contributed by atoms with van der Waals surface area (Å²) in [6.45, 7) is 5.39. The van der Waals surface area contributed by atoms with Crippen LogP contribution >= 0.6 is 11.3 Å². The van der Waals surface area contributed by atoms with Crippen LogP contribution in [-0.4, -0.2) is 42.6 Å². The first-order valence-corrected chi connectivity index (χ1v) is 8.38. The van der Waals surface area contributed by atoms with Crippen LogP contribution in [0.1, 0.15) is 18.0 Å². The van der Waals surface area contributed by atoms with Crippen LogP contribution in [0.2, 0.25) is 0 Å². The molecule has 1 saturated heterocycles. The highest BCUT2D eigenvalue weighted by atomic mass is 32.1. The summed E-state index contributed by atoms with van der Waals surface area (Å²) in [5.74, 6) is 0. The minimum Gasteiger partial charge on any atom is -0.346 e. The molecule has 0 amide bonds. The molecule has 0 aliphatic carbocycles. The van der Waals surface area contributed by atoms with E-state index >= 15 is 0 Å². The van der Waals surface area contributed by atoms with E-state index in [9.17, 15) is 0 Å². The minimum atomic E-state index is 0.142. The van der Waals surface area contributed by atoms with Crippen LogP contribution in [0, 0.1) is 0 Å². The van der Waals surface area contributed by atoms with E-state index in [1.165, 1.54) is 5.56 Å². The molecule has 2 aromatic rings. The third-order valence-electron chi connectivity index (χ3n) is 4.05. The molecule has 0 bridgehead atoms. The van der Waals surface area contributed by atoms with Crippen LogP contribution in [-0.2, 0) is 0 Å². The van der Waals surface area contributed by atoms with E-state index in [0.717, 1.165) is 44.3 Å². The van der Waals surface area contributed by atoms with Crippen molar-refractivity contribution in [2.75, 3.05) is 37.6 Å². The average Bonchev–Trinajstić information content (AvgIpc) is 3.08. The monoisotopic (exact) mass is 302 g/mol.